The number of thioether (sulfide) groups is 1. The van der Waals surface area contributed by atoms with E-state index in [0.29, 0.717) is 36.7 Å². The summed E-state index contributed by atoms with van der Waals surface area (Å²) >= 11 is 1.55. The predicted octanol–water partition coefficient (Wildman–Crippen LogP) is 3.89. The van der Waals surface area contributed by atoms with E-state index in [4.69, 9.17) is 4.74 Å². The Kier molecular flexibility index (Phi) is 6.51. The molecule has 1 saturated heterocycles. The van der Waals surface area contributed by atoms with Gasteiger partial charge in [0.05, 0.1) is 17.9 Å². The number of nitrogens with one attached hydrogen (secondary N) is 1. The third kappa shape index (κ3) is 4.88. The van der Waals surface area contributed by atoms with Crippen molar-refractivity contribution in [3.8, 4) is 0 Å². The lowest BCUT2D eigenvalue weighted by Gasteiger charge is -2.41. The summed E-state index contributed by atoms with van der Waals surface area (Å²) in [4.78, 5) is 30.1. The second kappa shape index (κ2) is 9.47. The monoisotopic (exact) mass is 437 g/mol. The van der Waals surface area contributed by atoms with Gasteiger partial charge >= 0.3 is 0 Å². The number of aryl methyl sites for hydroxylation is 1. The van der Waals surface area contributed by atoms with Gasteiger partial charge in [-0.15, -0.1) is 11.8 Å². The van der Waals surface area contributed by atoms with Crippen LogP contribution in [0.15, 0.2) is 59.7 Å². The maximum atomic E-state index is 13.3. The van der Waals surface area contributed by atoms with Crippen LogP contribution in [-0.4, -0.2) is 54.8 Å². The number of amides is 2. The number of rotatable bonds is 4. The van der Waals surface area contributed by atoms with Gasteiger partial charge in [0.2, 0.25) is 0 Å². The molecule has 2 aliphatic rings. The van der Waals surface area contributed by atoms with E-state index in [1.165, 1.54) is 11.3 Å². The zero-order valence-electron chi connectivity index (χ0n) is 17.8. The molecule has 0 unspecified atom stereocenters. The highest BCUT2D eigenvalue weighted by atomic mass is 32.2. The topological polar surface area (TPSA) is 61.9 Å². The van der Waals surface area contributed by atoms with Crippen molar-refractivity contribution in [2.45, 2.75) is 19.9 Å². The number of anilines is 2. The third-order valence-electron chi connectivity index (χ3n) is 5.53. The lowest BCUT2D eigenvalue weighted by atomic mass is 10.1. The summed E-state index contributed by atoms with van der Waals surface area (Å²) in [5, 5.41) is 4.57. The molecule has 7 heteroatoms. The molecular formula is C24H27N3O3S. The maximum absolute atomic E-state index is 13.3. The Balaban J connectivity index is 1.46. The van der Waals surface area contributed by atoms with E-state index < -0.39 is 0 Å². The van der Waals surface area contributed by atoms with Gasteiger partial charge in [-0.05, 0) is 43.7 Å². The first-order valence-corrected chi connectivity index (χ1v) is 11.6. The van der Waals surface area contributed by atoms with Crippen molar-refractivity contribution >= 4 is 35.0 Å². The minimum Gasteiger partial charge on any atom is -0.487 e. The van der Waals surface area contributed by atoms with Crippen molar-refractivity contribution in [3.63, 3.8) is 0 Å². The molecule has 0 bridgehead atoms. The summed E-state index contributed by atoms with van der Waals surface area (Å²) in [5.74, 6) is 0.724. The molecule has 2 heterocycles. The maximum Gasteiger partial charge on any atom is 0.291 e. The molecule has 6 nitrogen and oxygen atoms in total. The number of hydrogen-bond donors (Lipinski definition) is 1. The average Bonchev–Trinajstić information content (AvgIpc) is 2.79. The molecule has 0 aromatic heterocycles. The summed E-state index contributed by atoms with van der Waals surface area (Å²) < 4.78 is 5.43. The molecule has 0 saturated carbocycles. The van der Waals surface area contributed by atoms with Crippen molar-refractivity contribution in [1.29, 1.82) is 0 Å². The lowest BCUT2D eigenvalue weighted by molar-refractivity contribution is -0.116. The molecule has 0 aliphatic carbocycles. The minimum absolute atomic E-state index is 0.0699. The van der Waals surface area contributed by atoms with Crippen LogP contribution in [0.2, 0.25) is 0 Å². The number of para-hydroxylation sites is 1. The van der Waals surface area contributed by atoms with Gasteiger partial charge in [-0.1, -0.05) is 24.3 Å². The Morgan fingerprint density at radius 3 is 2.71 bits per heavy atom. The van der Waals surface area contributed by atoms with Gasteiger partial charge < -0.3 is 19.9 Å². The molecule has 2 aromatic rings. The first-order chi connectivity index (χ1) is 15.0. The van der Waals surface area contributed by atoms with Gasteiger partial charge in [-0.25, -0.2) is 0 Å². The quantitative estimate of drug-likeness (QED) is 0.786. The largest absolute Gasteiger partial charge is 0.487 e. The Morgan fingerprint density at radius 2 is 1.97 bits per heavy atom. The van der Waals surface area contributed by atoms with E-state index in [1.807, 2.05) is 17.0 Å². The molecule has 2 aromatic carbocycles. The van der Waals surface area contributed by atoms with E-state index >= 15 is 0 Å². The summed E-state index contributed by atoms with van der Waals surface area (Å²) in [6.07, 6.45) is 0. The fraction of sp³-hybridized carbons (Fsp3) is 0.333. The highest BCUT2D eigenvalue weighted by Crippen LogP contribution is 2.25. The Labute approximate surface area is 187 Å². The van der Waals surface area contributed by atoms with Crippen LogP contribution in [0.3, 0.4) is 0 Å². The minimum atomic E-state index is -0.329. The van der Waals surface area contributed by atoms with Crippen LogP contribution in [0.1, 0.15) is 22.8 Å². The van der Waals surface area contributed by atoms with Crippen molar-refractivity contribution < 1.29 is 14.3 Å². The SMILES string of the molecule is Cc1cccc(N2CCN(C(=O)c3ccccc3NC(=O)C3=CSCCO3)C[C@@H]2C)c1. The predicted molar refractivity (Wildman–Crippen MR) is 125 cm³/mol. The molecule has 0 spiro atoms. The highest BCUT2D eigenvalue weighted by Gasteiger charge is 2.29. The van der Waals surface area contributed by atoms with Crippen LogP contribution in [-0.2, 0) is 9.53 Å². The van der Waals surface area contributed by atoms with Gasteiger partial charge in [0.1, 0.15) is 0 Å². The van der Waals surface area contributed by atoms with Gasteiger partial charge in [0.25, 0.3) is 11.8 Å². The Morgan fingerprint density at radius 1 is 1.13 bits per heavy atom. The summed E-state index contributed by atoms with van der Waals surface area (Å²) in [6, 6.07) is 15.8. The van der Waals surface area contributed by atoms with Crippen LogP contribution >= 0.6 is 11.8 Å². The van der Waals surface area contributed by atoms with Crippen LogP contribution < -0.4 is 10.2 Å². The Bertz CT molecular complexity index is 1010. The van der Waals surface area contributed by atoms with Crippen LogP contribution in [0.5, 0.6) is 0 Å². The number of piperazine rings is 1. The molecule has 0 radical (unpaired) electrons. The van der Waals surface area contributed by atoms with Crippen LogP contribution in [0, 0.1) is 6.92 Å². The summed E-state index contributed by atoms with van der Waals surface area (Å²) in [7, 11) is 0. The first-order valence-electron chi connectivity index (χ1n) is 10.5. The van der Waals surface area contributed by atoms with Crippen molar-refractivity contribution in [1.82, 2.24) is 4.90 Å². The van der Waals surface area contributed by atoms with Crippen molar-refractivity contribution in [2.75, 3.05) is 42.2 Å². The molecular weight excluding hydrogens is 410 g/mol. The molecule has 162 valence electrons. The average molecular weight is 438 g/mol. The van der Waals surface area contributed by atoms with Gasteiger partial charge in [0.15, 0.2) is 5.76 Å². The van der Waals surface area contributed by atoms with Gasteiger partial charge in [-0.3, -0.25) is 9.59 Å². The molecule has 4 rings (SSSR count). The second-order valence-electron chi connectivity index (χ2n) is 7.83. The number of carbonyl (C=O) groups is 2. The number of ether oxygens (including phenoxy) is 1. The molecule has 1 atom stereocenters. The highest BCUT2D eigenvalue weighted by molar-refractivity contribution is 8.02. The molecule has 1 N–H and O–H groups in total. The van der Waals surface area contributed by atoms with E-state index in [2.05, 4.69) is 48.3 Å². The van der Waals surface area contributed by atoms with Gasteiger partial charge in [0, 0.05) is 42.5 Å². The lowest BCUT2D eigenvalue weighted by Crippen LogP contribution is -2.53. The number of benzene rings is 2. The first kappa shape index (κ1) is 21.3. The standard InChI is InChI=1S/C24H27N3O3S/c1-17-6-5-7-19(14-17)27-11-10-26(15-18(27)2)24(29)20-8-3-4-9-21(20)25-23(28)22-16-31-13-12-30-22/h3-9,14,16,18H,10-13,15H2,1-2H3,(H,25,28)/t18-/m0/s1. The smallest absolute Gasteiger partial charge is 0.291 e. The van der Waals surface area contributed by atoms with E-state index in [1.54, 1.807) is 29.3 Å². The normalized spacial score (nSPS) is 18.8. The summed E-state index contributed by atoms with van der Waals surface area (Å²) in [5.41, 5.74) is 3.41. The fourth-order valence-corrected chi connectivity index (χ4v) is 4.58. The molecule has 2 aliphatic heterocycles. The van der Waals surface area contributed by atoms with E-state index in [-0.39, 0.29) is 17.9 Å². The van der Waals surface area contributed by atoms with Crippen molar-refractivity contribution in [3.05, 3.63) is 70.8 Å². The Hall–Kier alpha value is -2.93. The second-order valence-corrected chi connectivity index (χ2v) is 8.81. The van der Waals surface area contributed by atoms with Crippen molar-refractivity contribution in [2.24, 2.45) is 0 Å². The summed E-state index contributed by atoms with van der Waals surface area (Å²) in [6.45, 7) is 6.76. The van der Waals surface area contributed by atoms with E-state index in [9.17, 15) is 9.59 Å². The van der Waals surface area contributed by atoms with E-state index in [0.717, 1.165) is 12.3 Å². The molecule has 2 amide bonds. The number of hydrogen-bond acceptors (Lipinski definition) is 5. The zero-order chi connectivity index (χ0) is 21.8. The van der Waals surface area contributed by atoms with Crippen LogP contribution in [0.4, 0.5) is 11.4 Å². The third-order valence-corrected chi connectivity index (χ3v) is 6.31. The fourth-order valence-electron chi connectivity index (χ4n) is 3.95. The van der Waals surface area contributed by atoms with Gasteiger partial charge in [-0.2, -0.15) is 0 Å². The zero-order valence-corrected chi connectivity index (χ0v) is 18.7. The number of carbonyl (C=O) groups excluding carboxylic acids is 2. The number of nitrogens with zero attached hydrogens (tertiary/aromatic N) is 2. The molecule has 31 heavy (non-hydrogen) atoms. The molecule has 1 fully saturated rings. The van der Waals surface area contributed by atoms with Crippen LogP contribution in [0.25, 0.3) is 0 Å².